The number of benzene rings is 1. The van der Waals surface area contributed by atoms with Crippen LogP contribution in [0.2, 0.25) is 5.02 Å². The fraction of sp³-hybridized carbons (Fsp3) is 0.286. The smallest absolute Gasteiger partial charge is 0.335 e. The number of anilines is 1. The van der Waals surface area contributed by atoms with Gasteiger partial charge in [-0.15, -0.1) is 0 Å². The van der Waals surface area contributed by atoms with Crippen LogP contribution < -0.4 is 5.32 Å². The molecule has 5 nitrogen and oxygen atoms in total. The Hall–Kier alpha value is -2.01. The molecule has 0 aliphatic heterocycles. The number of carbonyl (C=O) groups is 2. The maximum Gasteiger partial charge on any atom is 0.335 e. The number of nitrogens with zero attached hydrogens (tertiary/aromatic N) is 1. The summed E-state index contributed by atoms with van der Waals surface area (Å²) in [7, 11) is 0. The summed E-state index contributed by atoms with van der Waals surface area (Å²) in [4.78, 5) is 24.5. The Morgan fingerprint density at radius 1 is 1.45 bits per heavy atom. The van der Waals surface area contributed by atoms with Crippen LogP contribution in [0, 0.1) is 0 Å². The van der Waals surface area contributed by atoms with Gasteiger partial charge in [0.05, 0.1) is 16.3 Å². The van der Waals surface area contributed by atoms with Crippen molar-refractivity contribution in [3.8, 4) is 0 Å². The van der Waals surface area contributed by atoms with Gasteiger partial charge in [-0.25, -0.2) is 9.59 Å². The molecule has 2 N–H and O–H groups in total. The second-order valence-electron chi connectivity index (χ2n) is 4.40. The number of carbonyl (C=O) groups excluding carboxylic acids is 1. The first-order chi connectivity index (χ1) is 9.35. The second-order valence-corrected chi connectivity index (χ2v) is 4.81. The van der Waals surface area contributed by atoms with Crippen molar-refractivity contribution >= 4 is 29.3 Å². The molecule has 0 spiro atoms. The molecule has 108 valence electrons. The number of nitrogens with one attached hydrogen (secondary N) is 1. The van der Waals surface area contributed by atoms with Crippen molar-refractivity contribution in [1.29, 1.82) is 0 Å². The van der Waals surface area contributed by atoms with Crippen molar-refractivity contribution in [3.05, 3.63) is 40.9 Å². The van der Waals surface area contributed by atoms with Gasteiger partial charge in [-0.1, -0.05) is 23.8 Å². The summed E-state index contributed by atoms with van der Waals surface area (Å²) < 4.78 is 0. The molecule has 20 heavy (non-hydrogen) atoms. The first-order valence-corrected chi connectivity index (χ1v) is 6.46. The number of hydrogen-bond acceptors (Lipinski definition) is 2. The minimum Gasteiger partial charge on any atom is -0.478 e. The van der Waals surface area contributed by atoms with E-state index in [0.29, 0.717) is 13.1 Å². The van der Waals surface area contributed by atoms with Crippen molar-refractivity contribution in [2.24, 2.45) is 0 Å². The number of hydrogen-bond donors (Lipinski definition) is 2. The number of carboxylic acids is 1. The van der Waals surface area contributed by atoms with Gasteiger partial charge in [-0.2, -0.15) is 0 Å². The minimum atomic E-state index is -1.08. The number of urea groups is 1. The van der Waals surface area contributed by atoms with Crippen LogP contribution in [0.25, 0.3) is 0 Å². The van der Waals surface area contributed by atoms with Crippen molar-refractivity contribution in [2.75, 3.05) is 18.4 Å². The number of carboxylic acid groups (broad SMARTS) is 1. The van der Waals surface area contributed by atoms with Gasteiger partial charge in [-0.3, -0.25) is 0 Å². The van der Waals surface area contributed by atoms with E-state index in [1.807, 2.05) is 13.8 Å². The largest absolute Gasteiger partial charge is 0.478 e. The molecular formula is C14H17ClN2O3. The Morgan fingerprint density at radius 3 is 2.60 bits per heavy atom. The van der Waals surface area contributed by atoms with Crippen LogP contribution in [0.5, 0.6) is 0 Å². The number of likely N-dealkylation sites (N-methyl/N-ethyl adjacent to an activating group) is 1. The highest BCUT2D eigenvalue weighted by molar-refractivity contribution is 6.33. The lowest BCUT2D eigenvalue weighted by Crippen LogP contribution is -2.36. The van der Waals surface area contributed by atoms with E-state index < -0.39 is 5.97 Å². The van der Waals surface area contributed by atoms with E-state index in [1.165, 1.54) is 18.2 Å². The third-order valence-corrected chi connectivity index (χ3v) is 2.91. The summed E-state index contributed by atoms with van der Waals surface area (Å²) in [5.41, 5.74) is 1.19. The molecule has 1 aromatic carbocycles. The molecule has 1 rings (SSSR count). The standard InChI is InChI=1S/C14H17ClN2O3/c1-4-17(8-9(2)3)14(20)16-12-7-10(13(18)19)5-6-11(12)15/h5-7H,2,4,8H2,1,3H3,(H,16,20)(H,18,19). The molecule has 0 fully saturated rings. The average molecular weight is 297 g/mol. The third-order valence-electron chi connectivity index (χ3n) is 2.58. The van der Waals surface area contributed by atoms with Gasteiger partial charge in [0.1, 0.15) is 0 Å². The molecule has 0 bridgehead atoms. The quantitative estimate of drug-likeness (QED) is 0.817. The second kappa shape index (κ2) is 6.96. The topological polar surface area (TPSA) is 69.6 Å². The molecule has 0 radical (unpaired) electrons. The van der Waals surface area contributed by atoms with Crippen molar-refractivity contribution in [2.45, 2.75) is 13.8 Å². The molecule has 0 aliphatic rings. The van der Waals surface area contributed by atoms with Crippen LogP contribution in [-0.4, -0.2) is 35.1 Å². The first kappa shape index (κ1) is 16.0. The zero-order valence-corrected chi connectivity index (χ0v) is 12.2. The zero-order valence-electron chi connectivity index (χ0n) is 11.4. The van der Waals surface area contributed by atoms with Gasteiger partial charge >= 0.3 is 12.0 Å². The zero-order chi connectivity index (χ0) is 15.3. The monoisotopic (exact) mass is 296 g/mol. The summed E-state index contributed by atoms with van der Waals surface area (Å²) in [6.45, 7) is 8.37. The van der Waals surface area contributed by atoms with E-state index in [1.54, 1.807) is 4.90 Å². The van der Waals surface area contributed by atoms with Gasteiger partial charge in [0.2, 0.25) is 0 Å². The van der Waals surface area contributed by atoms with Gasteiger partial charge in [0.25, 0.3) is 0 Å². The third kappa shape index (κ3) is 4.28. The van der Waals surface area contributed by atoms with E-state index in [4.69, 9.17) is 16.7 Å². The van der Waals surface area contributed by atoms with Gasteiger partial charge in [0, 0.05) is 13.1 Å². The first-order valence-electron chi connectivity index (χ1n) is 6.08. The molecule has 0 heterocycles. The van der Waals surface area contributed by atoms with E-state index in [2.05, 4.69) is 11.9 Å². The Labute approximate surface area is 122 Å². The minimum absolute atomic E-state index is 0.0626. The molecular weight excluding hydrogens is 280 g/mol. The van der Waals surface area contributed by atoms with Crippen LogP contribution in [0.1, 0.15) is 24.2 Å². The van der Waals surface area contributed by atoms with Crippen molar-refractivity contribution in [3.63, 3.8) is 0 Å². The fourth-order valence-electron chi connectivity index (χ4n) is 1.60. The lowest BCUT2D eigenvalue weighted by atomic mass is 10.2. The lowest BCUT2D eigenvalue weighted by Gasteiger charge is -2.21. The summed E-state index contributed by atoms with van der Waals surface area (Å²) in [6.07, 6.45) is 0. The highest BCUT2D eigenvalue weighted by Crippen LogP contribution is 2.23. The molecule has 0 saturated heterocycles. The summed E-state index contributed by atoms with van der Waals surface area (Å²) in [5.74, 6) is -1.08. The van der Waals surface area contributed by atoms with Crippen LogP contribution >= 0.6 is 11.6 Å². The molecule has 6 heteroatoms. The van der Waals surface area contributed by atoms with Crippen molar-refractivity contribution in [1.82, 2.24) is 4.90 Å². The fourth-order valence-corrected chi connectivity index (χ4v) is 1.77. The van der Waals surface area contributed by atoms with Crippen LogP contribution in [-0.2, 0) is 0 Å². The van der Waals surface area contributed by atoms with Crippen LogP contribution in [0.15, 0.2) is 30.4 Å². The number of aromatic carboxylic acids is 1. The lowest BCUT2D eigenvalue weighted by molar-refractivity contribution is 0.0697. The summed E-state index contributed by atoms with van der Waals surface area (Å²) in [6, 6.07) is 3.80. The van der Waals surface area contributed by atoms with Gasteiger partial charge < -0.3 is 15.3 Å². The highest BCUT2D eigenvalue weighted by atomic mass is 35.5. The molecule has 0 atom stereocenters. The van der Waals surface area contributed by atoms with E-state index in [0.717, 1.165) is 5.57 Å². The van der Waals surface area contributed by atoms with Gasteiger partial charge in [0.15, 0.2) is 0 Å². The Bertz CT molecular complexity index is 543. The Kier molecular flexibility index (Phi) is 5.58. The normalized spacial score (nSPS) is 9.95. The number of halogens is 1. The number of rotatable bonds is 5. The average Bonchev–Trinajstić information content (AvgIpc) is 2.37. The molecule has 1 aromatic rings. The highest BCUT2D eigenvalue weighted by Gasteiger charge is 2.14. The van der Waals surface area contributed by atoms with E-state index in [-0.39, 0.29) is 22.3 Å². The maximum absolute atomic E-state index is 12.1. The van der Waals surface area contributed by atoms with E-state index in [9.17, 15) is 9.59 Å². The molecule has 0 aromatic heterocycles. The summed E-state index contributed by atoms with van der Waals surface area (Å²) >= 11 is 5.95. The Morgan fingerprint density at radius 2 is 2.10 bits per heavy atom. The molecule has 0 unspecified atom stereocenters. The predicted molar refractivity (Wildman–Crippen MR) is 79.5 cm³/mol. The van der Waals surface area contributed by atoms with Gasteiger partial charge in [-0.05, 0) is 32.0 Å². The predicted octanol–water partition coefficient (Wildman–Crippen LogP) is 3.47. The maximum atomic E-state index is 12.1. The van der Waals surface area contributed by atoms with Crippen LogP contribution in [0.3, 0.4) is 0 Å². The van der Waals surface area contributed by atoms with Crippen molar-refractivity contribution < 1.29 is 14.7 Å². The number of amides is 2. The molecule has 0 aliphatic carbocycles. The summed E-state index contributed by atoms with van der Waals surface area (Å²) in [5, 5.41) is 11.8. The SMILES string of the molecule is C=C(C)CN(CC)C(=O)Nc1cc(C(=O)O)ccc1Cl. The Balaban J connectivity index is 2.91. The molecule has 2 amide bonds. The van der Waals surface area contributed by atoms with Crippen LogP contribution in [0.4, 0.5) is 10.5 Å². The molecule has 0 saturated carbocycles. The van der Waals surface area contributed by atoms with E-state index >= 15 is 0 Å².